The summed E-state index contributed by atoms with van der Waals surface area (Å²) >= 11 is 0. The molecule has 0 aromatic heterocycles. The summed E-state index contributed by atoms with van der Waals surface area (Å²) in [6, 6.07) is 3.13. The smallest absolute Gasteiger partial charge is 0.321 e. The van der Waals surface area contributed by atoms with Crippen LogP contribution in [0.2, 0.25) is 0 Å². The number of anilines is 1. The zero-order chi connectivity index (χ0) is 14.7. The SMILES string of the molecule is CC(CF)(NC(=O)Nc1ccc(F)cc1)C(F)(F)F. The number of carbonyl (C=O) groups is 1. The van der Waals surface area contributed by atoms with Crippen molar-refractivity contribution in [2.45, 2.75) is 18.6 Å². The number of halogens is 5. The number of alkyl halides is 4. The predicted octanol–water partition coefficient (Wildman–Crippen LogP) is 3.24. The van der Waals surface area contributed by atoms with E-state index < -0.39 is 30.2 Å². The molecule has 0 bridgehead atoms. The van der Waals surface area contributed by atoms with Crippen LogP contribution in [0.4, 0.5) is 32.4 Å². The average Bonchev–Trinajstić information content (AvgIpc) is 2.30. The van der Waals surface area contributed by atoms with Crippen molar-refractivity contribution in [3.63, 3.8) is 0 Å². The van der Waals surface area contributed by atoms with Crippen LogP contribution in [0.1, 0.15) is 6.92 Å². The summed E-state index contributed by atoms with van der Waals surface area (Å²) in [4.78, 5) is 11.3. The first-order valence-corrected chi connectivity index (χ1v) is 5.15. The molecule has 19 heavy (non-hydrogen) atoms. The lowest BCUT2D eigenvalue weighted by Gasteiger charge is -2.30. The zero-order valence-electron chi connectivity index (χ0n) is 9.81. The molecule has 8 heteroatoms. The molecule has 2 N–H and O–H groups in total. The molecule has 0 aliphatic heterocycles. The first kappa shape index (κ1) is 15.2. The van der Waals surface area contributed by atoms with Crippen LogP contribution >= 0.6 is 0 Å². The number of hydrogen-bond donors (Lipinski definition) is 2. The van der Waals surface area contributed by atoms with Crippen LogP contribution in [0.3, 0.4) is 0 Å². The van der Waals surface area contributed by atoms with Crippen LogP contribution in [0, 0.1) is 5.82 Å². The molecule has 3 nitrogen and oxygen atoms in total. The van der Waals surface area contributed by atoms with Crippen molar-refractivity contribution in [3.05, 3.63) is 30.1 Å². The Kier molecular flexibility index (Phi) is 4.33. The standard InChI is InChI=1S/C11H11F5N2O/c1-10(6-12,11(14,15)16)18-9(19)17-8-4-2-7(13)3-5-8/h2-5H,6H2,1H3,(H2,17,18,19). The second-order valence-electron chi connectivity index (χ2n) is 4.05. The topological polar surface area (TPSA) is 41.1 Å². The molecule has 2 amide bonds. The van der Waals surface area contributed by atoms with Gasteiger partial charge in [-0.05, 0) is 31.2 Å². The number of hydrogen-bond acceptors (Lipinski definition) is 1. The van der Waals surface area contributed by atoms with E-state index in [9.17, 15) is 26.7 Å². The highest BCUT2D eigenvalue weighted by atomic mass is 19.4. The molecule has 0 aliphatic carbocycles. The molecule has 0 heterocycles. The van der Waals surface area contributed by atoms with Gasteiger partial charge < -0.3 is 10.6 Å². The maximum atomic E-state index is 12.6. The lowest BCUT2D eigenvalue weighted by Crippen LogP contribution is -2.59. The molecule has 1 aromatic rings. The Labute approximate surface area is 105 Å². The van der Waals surface area contributed by atoms with E-state index in [0.29, 0.717) is 6.92 Å². The van der Waals surface area contributed by atoms with Gasteiger partial charge in [0.2, 0.25) is 0 Å². The third-order valence-electron chi connectivity index (χ3n) is 2.38. The number of urea groups is 1. The van der Waals surface area contributed by atoms with Gasteiger partial charge in [-0.15, -0.1) is 0 Å². The molecule has 0 fully saturated rings. The Morgan fingerprint density at radius 3 is 2.16 bits per heavy atom. The van der Waals surface area contributed by atoms with Crippen molar-refractivity contribution in [2.24, 2.45) is 0 Å². The Morgan fingerprint density at radius 1 is 1.21 bits per heavy atom. The molecular formula is C11H11F5N2O. The van der Waals surface area contributed by atoms with Gasteiger partial charge in [0.05, 0.1) is 0 Å². The van der Waals surface area contributed by atoms with E-state index in [1.54, 1.807) is 0 Å². The second-order valence-corrected chi connectivity index (χ2v) is 4.05. The highest BCUT2D eigenvalue weighted by Crippen LogP contribution is 2.30. The fourth-order valence-electron chi connectivity index (χ4n) is 1.13. The van der Waals surface area contributed by atoms with Gasteiger partial charge in [0.1, 0.15) is 12.5 Å². The molecule has 0 saturated heterocycles. The van der Waals surface area contributed by atoms with Crippen molar-refractivity contribution >= 4 is 11.7 Å². The van der Waals surface area contributed by atoms with Crippen molar-refractivity contribution in [3.8, 4) is 0 Å². The van der Waals surface area contributed by atoms with Gasteiger partial charge in [0.25, 0.3) is 0 Å². The summed E-state index contributed by atoms with van der Waals surface area (Å²) in [7, 11) is 0. The first-order chi connectivity index (χ1) is 8.68. The van der Waals surface area contributed by atoms with Gasteiger partial charge in [-0.25, -0.2) is 13.6 Å². The number of amides is 2. The Balaban J connectivity index is 2.72. The van der Waals surface area contributed by atoms with Crippen LogP contribution in [0.25, 0.3) is 0 Å². The quantitative estimate of drug-likeness (QED) is 0.821. The highest BCUT2D eigenvalue weighted by Gasteiger charge is 2.52. The number of rotatable bonds is 3. The molecular weight excluding hydrogens is 271 g/mol. The summed E-state index contributed by atoms with van der Waals surface area (Å²) < 4.78 is 62.6. The molecule has 1 aromatic carbocycles. The van der Waals surface area contributed by atoms with E-state index in [1.165, 1.54) is 5.32 Å². The normalized spacial score (nSPS) is 14.6. The minimum Gasteiger partial charge on any atom is -0.321 e. The number of benzene rings is 1. The molecule has 1 unspecified atom stereocenters. The molecule has 1 atom stereocenters. The van der Waals surface area contributed by atoms with E-state index >= 15 is 0 Å². The van der Waals surface area contributed by atoms with E-state index in [-0.39, 0.29) is 5.69 Å². The average molecular weight is 282 g/mol. The summed E-state index contributed by atoms with van der Waals surface area (Å²) in [5.74, 6) is -0.560. The lowest BCUT2D eigenvalue weighted by molar-refractivity contribution is -0.191. The van der Waals surface area contributed by atoms with Crippen LogP contribution in [-0.4, -0.2) is 24.4 Å². The summed E-state index contributed by atoms with van der Waals surface area (Å²) in [6.07, 6.45) is -4.93. The molecule has 0 radical (unpaired) electrons. The van der Waals surface area contributed by atoms with Gasteiger partial charge in [-0.3, -0.25) is 0 Å². The van der Waals surface area contributed by atoms with Crippen LogP contribution < -0.4 is 10.6 Å². The second kappa shape index (κ2) is 5.41. The first-order valence-electron chi connectivity index (χ1n) is 5.15. The Bertz CT molecular complexity index is 445. The highest BCUT2D eigenvalue weighted by molar-refractivity contribution is 5.89. The maximum Gasteiger partial charge on any atom is 0.413 e. The Morgan fingerprint density at radius 2 is 1.74 bits per heavy atom. The third-order valence-corrected chi connectivity index (χ3v) is 2.38. The van der Waals surface area contributed by atoms with Gasteiger partial charge >= 0.3 is 12.2 Å². The molecule has 0 aliphatic rings. The van der Waals surface area contributed by atoms with Gasteiger partial charge in [-0.1, -0.05) is 0 Å². The number of carbonyl (C=O) groups excluding carboxylic acids is 1. The lowest BCUT2D eigenvalue weighted by atomic mass is 10.0. The molecule has 0 spiro atoms. The van der Waals surface area contributed by atoms with E-state index in [1.807, 2.05) is 5.32 Å². The molecule has 0 saturated carbocycles. The van der Waals surface area contributed by atoms with Crippen molar-refractivity contribution in [2.75, 3.05) is 12.0 Å². The van der Waals surface area contributed by atoms with Gasteiger partial charge in [0.15, 0.2) is 5.54 Å². The van der Waals surface area contributed by atoms with Crippen LogP contribution in [0.15, 0.2) is 24.3 Å². The summed E-state index contributed by atoms with van der Waals surface area (Å²) in [5.41, 5.74) is -2.89. The summed E-state index contributed by atoms with van der Waals surface area (Å²) in [5, 5.41) is 3.55. The van der Waals surface area contributed by atoms with Crippen LogP contribution in [-0.2, 0) is 0 Å². The largest absolute Gasteiger partial charge is 0.413 e. The van der Waals surface area contributed by atoms with Crippen molar-refractivity contribution < 1.29 is 26.7 Å². The zero-order valence-corrected chi connectivity index (χ0v) is 9.81. The third kappa shape index (κ3) is 3.80. The Hall–Kier alpha value is -1.86. The molecule has 106 valence electrons. The predicted molar refractivity (Wildman–Crippen MR) is 59.0 cm³/mol. The van der Waals surface area contributed by atoms with Gasteiger partial charge in [-0.2, -0.15) is 13.2 Å². The van der Waals surface area contributed by atoms with Crippen molar-refractivity contribution in [1.82, 2.24) is 5.32 Å². The minimum atomic E-state index is -4.93. The van der Waals surface area contributed by atoms with E-state index in [2.05, 4.69) is 0 Å². The van der Waals surface area contributed by atoms with Crippen molar-refractivity contribution in [1.29, 1.82) is 0 Å². The number of nitrogens with one attached hydrogen (secondary N) is 2. The molecule has 1 rings (SSSR count). The minimum absolute atomic E-state index is 0.0854. The van der Waals surface area contributed by atoms with Crippen LogP contribution in [0.5, 0.6) is 0 Å². The summed E-state index contributed by atoms with van der Waals surface area (Å²) in [6.45, 7) is -1.27. The monoisotopic (exact) mass is 282 g/mol. The van der Waals surface area contributed by atoms with Gasteiger partial charge in [0, 0.05) is 5.69 Å². The fraction of sp³-hybridized carbons (Fsp3) is 0.364. The van der Waals surface area contributed by atoms with E-state index in [0.717, 1.165) is 24.3 Å². The fourth-order valence-corrected chi connectivity index (χ4v) is 1.13. The maximum absolute atomic E-state index is 12.6. The van der Waals surface area contributed by atoms with E-state index in [4.69, 9.17) is 0 Å².